The number of amides is 1. The summed E-state index contributed by atoms with van der Waals surface area (Å²) in [6.07, 6.45) is 6.60. The van der Waals surface area contributed by atoms with Crippen LogP contribution in [0.15, 0.2) is 30.3 Å². The highest BCUT2D eigenvalue weighted by Gasteiger charge is 2.32. The van der Waals surface area contributed by atoms with E-state index in [1.165, 1.54) is 24.8 Å². The monoisotopic (exact) mass is 288 g/mol. The van der Waals surface area contributed by atoms with Crippen LogP contribution in [0, 0.1) is 0 Å². The van der Waals surface area contributed by atoms with E-state index in [2.05, 4.69) is 29.7 Å². The third kappa shape index (κ3) is 4.57. The maximum absolute atomic E-state index is 12.3. The molecule has 1 atom stereocenters. The summed E-state index contributed by atoms with van der Waals surface area (Å²) >= 11 is 0. The average molecular weight is 288 g/mol. The van der Waals surface area contributed by atoms with Crippen molar-refractivity contribution in [3.63, 3.8) is 0 Å². The molecular weight excluding hydrogens is 260 g/mol. The summed E-state index contributed by atoms with van der Waals surface area (Å²) < 4.78 is 0. The number of carbonyl (C=O) groups is 1. The molecule has 0 radical (unpaired) electrons. The van der Waals surface area contributed by atoms with Gasteiger partial charge in [0.25, 0.3) is 0 Å². The van der Waals surface area contributed by atoms with E-state index in [1.54, 1.807) is 0 Å². The van der Waals surface area contributed by atoms with Crippen molar-refractivity contribution in [2.75, 3.05) is 13.6 Å². The maximum atomic E-state index is 12.3. The molecule has 1 aromatic rings. The highest BCUT2D eigenvalue weighted by Crippen LogP contribution is 2.30. The van der Waals surface area contributed by atoms with E-state index in [9.17, 15) is 4.79 Å². The van der Waals surface area contributed by atoms with Crippen molar-refractivity contribution < 1.29 is 4.79 Å². The molecule has 1 saturated carbocycles. The van der Waals surface area contributed by atoms with Gasteiger partial charge in [-0.05, 0) is 31.4 Å². The molecule has 0 aromatic heterocycles. The van der Waals surface area contributed by atoms with E-state index in [1.807, 2.05) is 25.2 Å². The quantitative estimate of drug-likeness (QED) is 0.844. The Balaban J connectivity index is 1.81. The number of rotatable bonds is 6. The van der Waals surface area contributed by atoms with Gasteiger partial charge in [-0.25, -0.2) is 0 Å². The largest absolute Gasteiger partial charge is 0.355 e. The zero-order valence-electron chi connectivity index (χ0n) is 13.3. The fourth-order valence-electron chi connectivity index (χ4n) is 3.28. The summed E-state index contributed by atoms with van der Waals surface area (Å²) in [5.74, 6) is 0.529. The van der Waals surface area contributed by atoms with E-state index >= 15 is 0 Å². The molecule has 1 amide bonds. The van der Waals surface area contributed by atoms with E-state index in [0.717, 1.165) is 12.8 Å². The van der Waals surface area contributed by atoms with Crippen molar-refractivity contribution in [2.24, 2.45) is 0 Å². The third-order valence-electron chi connectivity index (χ3n) is 4.81. The SMILES string of the molecule is CNC1(CC(=O)NCC(C)c2ccccc2)CCCCC1. The van der Waals surface area contributed by atoms with Gasteiger partial charge in [-0.3, -0.25) is 4.79 Å². The van der Waals surface area contributed by atoms with Crippen molar-refractivity contribution in [3.05, 3.63) is 35.9 Å². The smallest absolute Gasteiger partial charge is 0.221 e. The van der Waals surface area contributed by atoms with Gasteiger partial charge < -0.3 is 10.6 Å². The predicted octanol–water partition coefficient (Wildman–Crippen LogP) is 3.22. The molecule has 2 N–H and O–H groups in total. The lowest BCUT2D eigenvalue weighted by Gasteiger charge is -2.36. The Bertz CT molecular complexity index is 438. The van der Waals surface area contributed by atoms with Crippen LogP contribution in [0.25, 0.3) is 0 Å². The molecule has 1 aliphatic rings. The van der Waals surface area contributed by atoms with Crippen molar-refractivity contribution in [3.8, 4) is 0 Å². The van der Waals surface area contributed by atoms with Gasteiger partial charge in [-0.1, -0.05) is 56.5 Å². The van der Waals surface area contributed by atoms with Gasteiger partial charge in [0.05, 0.1) is 0 Å². The number of benzene rings is 1. The Hall–Kier alpha value is -1.35. The molecule has 1 fully saturated rings. The average Bonchev–Trinajstić information content (AvgIpc) is 2.54. The van der Waals surface area contributed by atoms with Crippen molar-refractivity contribution in [2.45, 2.75) is 56.9 Å². The highest BCUT2D eigenvalue weighted by atomic mass is 16.1. The second-order valence-corrected chi connectivity index (χ2v) is 6.38. The van der Waals surface area contributed by atoms with Gasteiger partial charge in [0.15, 0.2) is 0 Å². The summed E-state index contributed by atoms with van der Waals surface area (Å²) in [5, 5.41) is 6.52. The van der Waals surface area contributed by atoms with Gasteiger partial charge in [0.1, 0.15) is 0 Å². The van der Waals surface area contributed by atoms with Gasteiger partial charge >= 0.3 is 0 Å². The molecule has 1 aliphatic carbocycles. The minimum atomic E-state index is 0.0261. The normalized spacial score (nSPS) is 19.0. The summed E-state index contributed by atoms with van der Waals surface area (Å²) in [7, 11) is 1.99. The molecule has 3 nitrogen and oxygen atoms in total. The molecule has 116 valence electrons. The lowest BCUT2D eigenvalue weighted by atomic mass is 9.79. The Morgan fingerprint density at radius 1 is 1.19 bits per heavy atom. The molecule has 0 saturated heterocycles. The number of carbonyl (C=O) groups excluding carboxylic acids is 1. The van der Waals surface area contributed by atoms with E-state index in [4.69, 9.17) is 0 Å². The van der Waals surface area contributed by atoms with Crippen LogP contribution in [-0.2, 0) is 4.79 Å². The van der Waals surface area contributed by atoms with Gasteiger partial charge in [-0.15, -0.1) is 0 Å². The second-order valence-electron chi connectivity index (χ2n) is 6.38. The van der Waals surface area contributed by atoms with Crippen LogP contribution in [0.4, 0.5) is 0 Å². The summed E-state index contributed by atoms with van der Waals surface area (Å²) in [5.41, 5.74) is 1.30. The molecule has 0 bridgehead atoms. The van der Waals surface area contributed by atoms with Crippen LogP contribution in [0.5, 0.6) is 0 Å². The number of hydrogen-bond acceptors (Lipinski definition) is 2. The molecular formula is C18H28N2O. The highest BCUT2D eigenvalue weighted by molar-refractivity contribution is 5.77. The first-order valence-electron chi connectivity index (χ1n) is 8.16. The maximum Gasteiger partial charge on any atom is 0.221 e. The fraction of sp³-hybridized carbons (Fsp3) is 0.611. The van der Waals surface area contributed by atoms with Gasteiger partial charge in [-0.2, -0.15) is 0 Å². The molecule has 0 aliphatic heterocycles. The minimum absolute atomic E-state index is 0.0261. The Labute approximate surface area is 128 Å². The summed E-state index contributed by atoms with van der Waals surface area (Å²) in [6.45, 7) is 2.87. The zero-order chi connectivity index (χ0) is 15.1. The minimum Gasteiger partial charge on any atom is -0.355 e. The lowest BCUT2D eigenvalue weighted by Crippen LogP contribution is -2.48. The van der Waals surface area contributed by atoms with Crippen molar-refractivity contribution in [1.29, 1.82) is 0 Å². The van der Waals surface area contributed by atoms with Crippen LogP contribution >= 0.6 is 0 Å². The second kappa shape index (κ2) is 7.60. The van der Waals surface area contributed by atoms with Crippen LogP contribution < -0.4 is 10.6 Å². The standard InChI is InChI=1S/C18H28N2O/c1-15(16-9-5-3-6-10-16)14-20-17(21)13-18(19-2)11-7-4-8-12-18/h3,5-6,9-10,15,19H,4,7-8,11-14H2,1-2H3,(H,20,21). The topological polar surface area (TPSA) is 41.1 Å². The van der Waals surface area contributed by atoms with Crippen molar-refractivity contribution >= 4 is 5.91 Å². The van der Waals surface area contributed by atoms with Crippen LogP contribution in [0.1, 0.15) is 56.9 Å². The molecule has 2 rings (SSSR count). The molecule has 21 heavy (non-hydrogen) atoms. The first kappa shape index (κ1) is 16.0. The summed E-state index contributed by atoms with van der Waals surface area (Å²) in [4.78, 5) is 12.3. The van der Waals surface area contributed by atoms with Gasteiger partial charge in [0.2, 0.25) is 5.91 Å². The van der Waals surface area contributed by atoms with E-state index in [-0.39, 0.29) is 11.4 Å². The molecule has 1 aromatic carbocycles. The fourth-order valence-corrected chi connectivity index (χ4v) is 3.28. The third-order valence-corrected chi connectivity index (χ3v) is 4.81. The van der Waals surface area contributed by atoms with Crippen molar-refractivity contribution in [1.82, 2.24) is 10.6 Å². The molecule has 0 heterocycles. The Morgan fingerprint density at radius 3 is 2.48 bits per heavy atom. The molecule has 1 unspecified atom stereocenters. The first-order valence-corrected chi connectivity index (χ1v) is 8.16. The number of nitrogens with one attached hydrogen (secondary N) is 2. The van der Waals surface area contributed by atoms with E-state index < -0.39 is 0 Å². The Kier molecular flexibility index (Phi) is 5.80. The summed E-state index contributed by atoms with van der Waals surface area (Å²) in [6, 6.07) is 10.4. The molecule has 3 heteroatoms. The Morgan fingerprint density at radius 2 is 1.86 bits per heavy atom. The molecule has 0 spiro atoms. The zero-order valence-corrected chi connectivity index (χ0v) is 13.3. The van der Waals surface area contributed by atoms with Crippen LogP contribution in [-0.4, -0.2) is 25.0 Å². The van der Waals surface area contributed by atoms with Gasteiger partial charge in [0, 0.05) is 18.5 Å². The van der Waals surface area contributed by atoms with E-state index in [0.29, 0.717) is 18.9 Å². The van der Waals surface area contributed by atoms with Crippen LogP contribution in [0.3, 0.4) is 0 Å². The number of hydrogen-bond donors (Lipinski definition) is 2. The van der Waals surface area contributed by atoms with Crippen LogP contribution in [0.2, 0.25) is 0 Å². The first-order chi connectivity index (χ1) is 10.2. The lowest BCUT2D eigenvalue weighted by molar-refractivity contribution is -0.122. The predicted molar refractivity (Wildman–Crippen MR) is 87.4 cm³/mol.